The van der Waals surface area contributed by atoms with E-state index >= 15 is 26.3 Å². The van der Waals surface area contributed by atoms with E-state index < -0.39 is 34.3 Å². The average Bonchev–Trinajstić information content (AvgIpc) is 3.82. The van der Waals surface area contributed by atoms with Gasteiger partial charge in [-0.1, -0.05) is 0 Å². The summed E-state index contributed by atoms with van der Waals surface area (Å²) in [6, 6.07) is 10.6. The summed E-state index contributed by atoms with van der Waals surface area (Å²) in [6.07, 6.45) is 0. The van der Waals surface area contributed by atoms with Crippen LogP contribution in [0.3, 0.4) is 0 Å². The van der Waals surface area contributed by atoms with Crippen molar-refractivity contribution in [2.75, 3.05) is 0 Å². The molecule has 236 valence electrons. The van der Waals surface area contributed by atoms with Gasteiger partial charge in [0.15, 0.2) is 0 Å². The Hall–Kier alpha value is -2.48. The molecule has 0 radical (unpaired) electrons. The summed E-state index contributed by atoms with van der Waals surface area (Å²) >= 11 is 8.12. The number of allylic oxidation sites excluding steroid dienone is 2. The number of fused-ring (bicyclic) bond motifs is 4. The molecule has 2 aliphatic carbocycles. The first-order chi connectivity index (χ1) is 21.7. The van der Waals surface area contributed by atoms with Gasteiger partial charge < -0.3 is 0 Å². The van der Waals surface area contributed by atoms with E-state index in [1.165, 1.54) is 80.2 Å². The Morgan fingerprint density at radius 3 is 1.15 bits per heavy atom. The molecule has 0 saturated heterocycles. The molecule has 6 heterocycles. The van der Waals surface area contributed by atoms with Crippen LogP contribution < -0.4 is 0 Å². The Kier molecular flexibility index (Phi) is 6.72. The topological polar surface area (TPSA) is 0 Å². The lowest BCUT2D eigenvalue weighted by Gasteiger charge is -2.34. The molecule has 8 rings (SSSR count). The Bertz CT molecular complexity index is 2060. The van der Waals surface area contributed by atoms with Crippen LogP contribution in [0.5, 0.6) is 0 Å². The fourth-order valence-corrected chi connectivity index (χ4v) is 13.8. The average molecular weight is 737 g/mol. The van der Waals surface area contributed by atoms with Crippen molar-refractivity contribution < 1.29 is 26.3 Å². The minimum absolute atomic E-state index is 0.239. The van der Waals surface area contributed by atoms with Crippen LogP contribution in [0.25, 0.3) is 30.7 Å². The summed E-state index contributed by atoms with van der Waals surface area (Å²) in [4.78, 5) is 4.91. The lowest BCUT2D eigenvalue weighted by atomic mass is 9.77. The van der Waals surface area contributed by atoms with Gasteiger partial charge in [0.25, 0.3) is 0 Å². The summed E-state index contributed by atoms with van der Waals surface area (Å²) in [5.41, 5.74) is -0.545. The number of hydrogen-bond donors (Lipinski definition) is 0. The maximum Gasteiger partial charge on any atom is 0.380 e. The van der Waals surface area contributed by atoms with Gasteiger partial charge in [-0.15, -0.1) is 68.0 Å². The van der Waals surface area contributed by atoms with Crippen molar-refractivity contribution >= 4 is 79.2 Å². The second-order valence-corrected chi connectivity index (χ2v) is 17.6. The lowest BCUT2D eigenvalue weighted by Crippen LogP contribution is -2.49. The standard InChI is InChI=1S/C34H22F6S6/c1-15-5-21(41-11-15)23-9-19-27-28(33(37,38)34(39,40)32(27,35)36)20-10-24(22-6-16(2)12-42-22)46-30(20)31(29(19)45-23,25-7-17(3)13-43-25)26-8-18(4)14-44-26/h5-14H,1-4H3. The van der Waals surface area contributed by atoms with Crippen LogP contribution in [-0.4, -0.2) is 17.8 Å². The first-order valence-electron chi connectivity index (χ1n) is 14.1. The zero-order valence-corrected chi connectivity index (χ0v) is 29.4. The highest BCUT2D eigenvalue weighted by Gasteiger charge is 2.81. The molecule has 0 N–H and O–H groups in total. The first-order valence-corrected chi connectivity index (χ1v) is 19.2. The minimum atomic E-state index is -5.62. The molecule has 2 aliphatic rings. The van der Waals surface area contributed by atoms with Crippen molar-refractivity contribution in [3.8, 4) is 19.5 Å². The molecule has 0 spiro atoms. The third-order valence-electron chi connectivity index (χ3n) is 8.50. The number of alkyl halides is 6. The molecule has 0 nitrogen and oxygen atoms in total. The quantitative estimate of drug-likeness (QED) is 0.158. The maximum atomic E-state index is 16.3. The lowest BCUT2D eigenvalue weighted by molar-refractivity contribution is -0.254. The van der Waals surface area contributed by atoms with Gasteiger partial charge in [-0.25, -0.2) is 0 Å². The van der Waals surface area contributed by atoms with Crippen molar-refractivity contribution in [3.05, 3.63) is 111 Å². The van der Waals surface area contributed by atoms with Gasteiger partial charge in [-0.2, -0.15) is 26.3 Å². The molecule has 12 heteroatoms. The molecule has 0 aromatic carbocycles. The maximum absolute atomic E-state index is 16.3. The van der Waals surface area contributed by atoms with Crippen molar-refractivity contribution in [1.82, 2.24) is 0 Å². The van der Waals surface area contributed by atoms with Crippen LogP contribution in [0.1, 0.15) is 52.9 Å². The minimum Gasteiger partial charge on any atom is -0.194 e. The highest BCUT2D eigenvalue weighted by Crippen LogP contribution is 2.71. The van der Waals surface area contributed by atoms with E-state index in [4.69, 9.17) is 0 Å². The van der Waals surface area contributed by atoms with E-state index in [-0.39, 0.29) is 11.1 Å². The zero-order chi connectivity index (χ0) is 32.6. The predicted octanol–water partition coefficient (Wildman–Crippen LogP) is 13.1. The number of hydrogen-bond acceptors (Lipinski definition) is 6. The van der Waals surface area contributed by atoms with Gasteiger partial charge >= 0.3 is 17.8 Å². The van der Waals surface area contributed by atoms with Gasteiger partial charge in [-0.3, -0.25) is 0 Å². The highest BCUT2D eigenvalue weighted by molar-refractivity contribution is 7.23. The largest absolute Gasteiger partial charge is 0.380 e. The summed E-state index contributed by atoms with van der Waals surface area (Å²) < 4.78 is 96.0. The van der Waals surface area contributed by atoms with Crippen LogP contribution in [0.2, 0.25) is 0 Å². The van der Waals surface area contributed by atoms with E-state index in [0.29, 0.717) is 19.5 Å². The van der Waals surface area contributed by atoms with Gasteiger partial charge in [0, 0.05) is 61.3 Å². The van der Waals surface area contributed by atoms with E-state index in [0.717, 1.165) is 41.8 Å². The highest BCUT2D eigenvalue weighted by atomic mass is 32.1. The Balaban J connectivity index is 1.60. The molecule has 0 atom stereocenters. The van der Waals surface area contributed by atoms with Crippen molar-refractivity contribution in [2.24, 2.45) is 0 Å². The predicted molar refractivity (Wildman–Crippen MR) is 183 cm³/mol. The second kappa shape index (κ2) is 10.0. The van der Waals surface area contributed by atoms with E-state index in [9.17, 15) is 0 Å². The van der Waals surface area contributed by atoms with Crippen molar-refractivity contribution in [1.29, 1.82) is 0 Å². The fourth-order valence-electron chi connectivity index (χ4n) is 6.44. The van der Waals surface area contributed by atoms with Crippen LogP contribution in [-0.2, 0) is 5.41 Å². The Morgan fingerprint density at radius 2 is 0.826 bits per heavy atom. The van der Waals surface area contributed by atoms with Crippen molar-refractivity contribution in [2.45, 2.75) is 50.9 Å². The zero-order valence-electron chi connectivity index (χ0n) is 24.5. The van der Waals surface area contributed by atoms with Crippen molar-refractivity contribution in [3.63, 3.8) is 0 Å². The van der Waals surface area contributed by atoms with Crippen LogP contribution in [0, 0.1) is 27.7 Å². The molecule has 0 saturated carbocycles. The normalized spacial score (nSPS) is 18.8. The van der Waals surface area contributed by atoms with Crippen LogP contribution >= 0.6 is 68.0 Å². The monoisotopic (exact) mass is 736 g/mol. The van der Waals surface area contributed by atoms with E-state index in [1.807, 2.05) is 73.5 Å². The molecular weight excluding hydrogens is 715 g/mol. The molecule has 6 aromatic heterocycles. The summed E-state index contributed by atoms with van der Waals surface area (Å²) in [5, 5.41) is 7.74. The second-order valence-electron chi connectivity index (χ2n) is 11.9. The molecule has 0 bridgehead atoms. The number of thiophene rings is 6. The van der Waals surface area contributed by atoms with Crippen LogP contribution in [0.15, 0.2) is 57.9 Å². The van der Waals surface area contributed by atoms with E-state index in [1.54, 1.807) is 0 Å². The molecule has 6 aromatic rings. The number of halogens is 6. The molecule has 0 amide bonds. The Labute approximate surface area is 285 Å². The SMILES string of the molecule is Cc1csc(-c2cc3c(s2)C(c2cc(C)cs2)(c2cc(C)cs2)c2sc(-c4cc(C)cs4)cc2C2=C3C(F)(F)C(F)(F)C2(F)F)c1. The summed E-state index contributed by atoms with van der Waals surface area (Å²) in [5.74, 6) is -15.9. The number of rotatable bonds is 4. The molecular formula is C34H22F6S6. The first kappa shape index (κ1) is 30.8. The Morgan fingerprint density at radius 1 is 0.457 bits per heavy atom. The summed E-state index contributed by atoms with van der Waals surface area (Å²) in [6.45, 7) is 7.67. The molecule has 46 heavy (non-hydrogen) atoms. The molecule has 0 aliphatic heterocycles. The summed E-state index contributed by atoms with van der Waals surface area (Å²) in [7, 11) is 0. The van der Waals surface area contributed by atoms with Gasteiger partial charge in [-0.05, 0) is 108 Å². The van der Waals surface area contributed by atoms with E-state index in [2.05, 4.69) is 0 Å². The van der Waals surface area contributed by atoms with Gasteiger partial charge in [0.1, 0.15) is 5.41 Å². The van der Waals surface area contributed by atoms with Crippen LogP contribution in [0.4, 0.5) is 26.3 Å². The van der Waals surface area contributed by atoms with Gasteiger partial charge in [0.2, 0.25) is 0 Å². The van der Waals surface area contributed by atoms with Gasteiger partial charge in [0.05, 0.1) is 0 Å². The molecule has 0 unspecified atom stereocenters. The fraction of sp³-hybridized carbons (Fsp3) is 0.235. The smallest absolute Gasteiger partial charge is 0.194 e. The number of aryl methyl sites for hydroxylation is 4. The third-order valence-corrected chi connectivity index (χ3v) is 15.8. The third kappa shape index (κ3) is 3.94. The molecule has 0 fully saturated rings.